The molecule has 2 aromatic rings. The van der Waals surface area contributed by atoms with Crippen molar-refractivity contribution in [3.63, 3.8) is 0 Å². The van der Waals surface area contributed by atoms with Crippen molar-refractivity contribution in [2.45, 2.75) is 57.8 Å². The molecule has 3 heterocycles. The number of likely N-dealkylation sites (tertiary alicyclic amines) is 1. The van der Waals surface area contributed by atoms with Gasteiger partial charge in [-0.15, -0.1) is 0 Å². The van der Waals surface area contributed by atoms with E-state index < -0.39 is 0 Å². The molecule has 144 valence electrons. The maximum Gasteiger partial charge on any atom is 0.233 e. The van der Waals surface area contributed by atoms with Gasteiger partial charge < -0.3 is 9.42 Å². The lowest BCUT2D eigenvalue weighted by molar-refractivity contribution is -0.141. The van der Waals surface area contributed by atoms with Crippen molar-refractivity contribution >= 4 is 5.91 Å². The highest BCUT2D eigenvalue weighted by molar-refractivity contribution is 5.80. The van der Waals surface area contributed by atoms with Crippen molar-refractivity contribution < 1.29 is 9.32 Å². The minimum Gasteiger partial charge on any atom is -0.341 e. The second-order valence-electron chi connectivity index (χ2n) is 7.99. The molecule has 2 fully saturated rings. The van der Waals surface area contributed by atoms with Gasteiger partial charge in [-0.25, -0.2) is 0 Å². The molecule has 27 heavy (non-hydrogen) atoms. The zero-order valence-electron chi connectivity index (χ0n) is 16.0. The van der Waals surface area contributed by atoms with Crippen LogP contribution in [0.25, 0.3) is 11.4 Å². The molecule has 2 aliphatic rings. The zero-order chi connectivity index (χ0) is 18.6. The lowest BCUT2D eigenvalue weighted by atomic mass is 9.78. The van der Waals surface area contributed by atoms with Crippen LogP contribution in [0.2, 0.25) is 0 Å². The van der Waals surface area contributed by atoms with Gasteiger partial charge in [0.1, 0.15) is 0 Å². The number of rotatable bonds is 6. The molecule has 2 aromatic heterocycles. The molecule has 1 saturated carbocycles. The van der Waals surface area contributed by atoms with Crippen LogP contribution in [-0.4, -0.2) is 39.0 Å². The SMILES string of the molecule is CCCCC1CCC(C(=O)N2CC(c3nc(-c4ccncc4)no3)C2)CC1. The quantitative estimate of drug-likeness (QED) is 0.769. The van der Waals surface area contributed by atoms with Crippen molar-refractivity contribution in [2.75, 3.05) is 13.1 Å². The topological polar surface area (TPSA) is 72.1 Å². The molecular weight excluding hydrogens is 340 g/mol. The number of hydrogen-bond acceptors (Lipinski definition) is 5. The summed E-state index contributed by atoms with van der Waals surface area (Å²) in [6.45, 7) is 3.65. The van der Waals surface area contributed by atoms with Gasteiger partial charge >= 0.3 is 0 Å². The van der Waals surface area contributed by atoms with Crippen LogP contribution in [0, 0.1) is 11.8 Å². The van der Waals surface area contributed by atoms with Gasteiger partial charge in [-0.1, -0.05) is 31.3 Å². The third kappa shape index (κ3) is 4.04. The maximum absolute atomic E-state index is 12.8. The Bertz CT molecular complexity index is 747. The highest BCUT2D eigenvalue weighted by Crippen LogP contribution is 2.35. The molecular formula is C21H28N4O2. The van der Waals surface area contributed by atoms with Crippen LogP contribution in [-0.2, 0) is 4.79 Å². The van der Waals surface area contributed by atoms with E-state index in [1.54, 1.807) is 12.4 Å². The largest absolute Gasteiger partial charge is 0.341 e. The van der Waals surface area contributed by atoms with Crippen LogP contribution in [0.5, 0.6) is 0 Å². The number of aromatic nitrogens is 3. The van der Waals surface area contributed by atoms with E-state index in [9.17, 15) is 4.79 Å². The summed E-state index contributed by atoms with van der Waals surface area (Å²) < 4.78 is 5.43. The number of unbranched alkanes of at least 4 members (excludes halogenated alkanes) is 1. The van der Waals surface area contributed by atoms with E-state index >= 15 is 0 Å². The summed E-state index contributed by atoms with van der Waals surface area (Å²) in [6, 6.07) is 3.73. The number of carbonyl (C=O) groups is 1. The summed E-state index contributed by atoms with van der Waals surface area (Å²) in [6.07, 6.45) is 11.9. The molecule has 6 nitrogen and oxygen atoms in total. The first-order chi connectivity index (χ1) is 13.2. The van der Waals surface area contributed by atoms with E-state index in [2.05, 4.69) is 22.0 Å². The summed E-state index contributed by atoms with van der Waals surface area (Å²) in [5, 5.41) is 4.06. The summed E-state index contributed by atoms with van der Waals surface area (Å²) in [5.74, 6) is 2.77. The average molecular weight is 368 g/mol. The van der Waals surface area contributed by atoms with Crippen molar-refractivity contribution in [2.24, 2.45) is 11.8 Å². The Hall–Kier alpha value is -2.24. The number of nitrogens with zero attached hydrogens (tertiary/aromatic N) is 4. The number of amides is 1. The highest BCUT2D eigenvalue weighted by atomic mass is 16.5. The molecule has 0 unspecified atom stereocenters. The second-order valence-corrected chi connectivity index (χ2v) is 7.99. The smallest absolute Gasteiger partial charge is 0.233 e. The van der Waals surface area contributed by atoms with Gasteiger partial charge in [0.15, 0.2) is 0 Å². The maximum atomic E-state index is 12.8. The second kappa shape index (κ2) is 8.19. The molecule has 4 rings (SSSR count). The van der Waals surface area contributed by atoms with Crippen LogP contribution >= 0.6 is 0 Å². The molecule has 6 heteroatoms. The van der Waals surface area contributed by atoms with Crippen LogP contribution in [0.1, 0.15) is 63.7 Å². The lowest BCUT2D eigenvalue weighted by Gasteiger charge is -2.40. The van der Waals surface area contributed by atoms with Gasteiger partial charge in [0.05, 0.1) is 5.92 Å². The third-order valence-corrected chi connectivity index (χ3v) is 6.08. The Morgan fingerprint density at radius 2 is 1.93 bits per heavy atom. The van der Waals surface area contributed by atoms with E-state index in [1.807, 2.05) is 17.0 Å². The Balaban J connectivity index is 1.26. The van der Waals surface area contributed by atoms with Crippen molar-refractivity contribution in [3.05, 3.63) is 30.4 Å². The first-order valence-corrected chi connectivity index (χ1v) is 10.3. The fourth-order valence-corrected chi connectivity index (χ4v) is 4.28. The lowest BCUT2D eigenvalue weighted by Crippen LogP contribution is -2.51. The van der Waals surface area contributed by atoms with Crippen LogP contribution in [0.15, 0.2) is 29.0 Å². The van der Waals surface area contributed by atoms with Gasteiger partial charge in [-0.3, -0.25) is 9.78 Å². The van der Waals surface area contributed by atoms with E-state index in [0.717, 1.165) is 24.3 Å². The number of hydrogen-bond donors (Lipinski definition) is 0. The Morgan fingerprint density at radius 1 is 1.19 bits per heavy atom. The normalized spacial score (nSPS) is 23.2. The van der Waals surface area contributed by atoms with E-state index in [-0.39, 0.29) is 11.8 Å². The minimum atomic E-state index is 0.165. The van der Waals surface area contributed by atoms with Gasteiger partial charge in [-0.05, 0) is 43.7 Å². The number of pyridine rings is 1. The van der Waals surface area contributed by atoms with Crippen LogP contribution in [0.4, 0.5) is 0 Å². The standard InChI is InChI=1S/C21H28N4O2/c1-2-3-4-15-5-7-17(8-6-15)21(26)25-13-18(14-25)20-23-19(24-27-20)16-9-11-22-12-10-16/h9-12,15,17-18H,2-8,13-14H2,1H3. The molecule has 1 amide bonds. The fourth-order valence-electron chi connectivity index (χ4n) is 4.28. The van der Waals surface area contributed by atoms with Crippen molar-refractivity contribution in [1.29, 1.82) is 0 Å². The minimum absolute atomic E-state index is 0.165. The highest BCUT2D eigenvalue weighted by Gasteiger charge is 2.39. The van der Waals surface area contributed by atoms with Gasteiger partial charge in [-0.2, -0.15) is 4.98 Å². The summed E-state index contributed by atoms with van der Waals surface area (Å²) in [7, 11) is 0. The summed E-state index contributed by atoms with van der Waals surface area (Å²) >= 11 is 0. The molecule has 1 aliphatic carbocycles. The Labute approximate surface area is 160 Å². The molecule has 0 atom stereocenters. The average Bonchev–Trinajstić information content (AvgIpc) is 3.16. The molecule has 0 aromatic carbocycles. The third-order valence-electron chi connectivity index (χ3n) is 6.08. The first-order valence-electron chi connectivity index (χ1n) is 10.3. The monoisotopic (exact) mass is 368 g/mol. The van der Waals surface area contributed by atoms with Gasteiger partial charge in [0.25, 0.3) is 0 Å². The molecule has 0 N–H and O–H groups in total. The molecule has 0 spiro atoms. The Morgan fingerprint density at radius 3 is 2.63 bits per heavy atom. The van der Waals surface area contributed by atoms with Gasteiger partial charge in [0.2, 0.25) is 17.6 Å². The van der Waals surface area contributed by atoms with Crippen molar-refractivity contribution in [3.8, 4) is 11.4 Å². The summed E-state index contributed by atoms with van der Waals surface area (Å²) in [4.78, 5) is 23.2. The number of carbonyl (C=O) groups excluding carboxylic acids is 1. The zero-order valence-corrected chi connectivity index (χ0v) is 16.0. The van der Waals surface area contributed by atoms with E-state index in [4.69, 9.17) is 4.52 Å². The van der Waals surface area contributed by atoms with Crippen LogP contribution < -0.4 is 0 Å². The van der Waals surface area contributed by atoms with Gasteiger partial charge in [0, 0.05) is 37.0 Å². The molecule has 0 radical (unpaired) electrons. The molecule has 0 bridgehead atoms. The Kier molecular flexibility index (Phi) is 5.50. The first kappa shape index (κ1) is 18.1. The van der Waals surface area contributed by atoms with Crippen molar-refractivity contribution in [1.82, 2.24) is 20.0 Å². The van der Waals surface area contributed by atoms with E-state index in [1.165, 1.54) is 32.1 Å². The fraction of sp³-hybridized carbons (Fsp3) is 0.619. The molecule has 1 aliphatic heterocycles. The van der Waals surface area contributed by atoms with Crippen LogP contribution in [0.3, 0.4) is 0 Å². The summed E-state index contributed by atoms with van der Waals surface area (Å²) in [5.41, 5.74) is 0.895. The van der Waals surface area contributed by atoms with E-state index in [0.29, 0.717) is 30.7 Å². The molecule has 1 saturated heterocycles. The predicted octanol–water partition coefficient (Wildman–Crippen LogP) is 4.05. The predicted molar refractivity (Wildman–Crippen MR) is 102 cm³/mol.